The molecule has 0 bridgehead atoms. The summed E-state index contributed by atoms with van der Waals surface area (Å²) in [5.41, 5.74) is 5.11. The molecule has 0 aliphatic carbocycles. The first-order chi connectivity index (χ1) is 13.4. The fraction of sp³-hybridized carbons (Fsp3) is 0.304. The molecule has 1 amide bonds. The fourth-order valence-electron chi connectivity index (χ4n) is 2.97. The molecule has 1 N–H and O–H groups in total. The molecule has 0 aliphatic heterocycles. The number of carbonyl (C=O) groups excluding carboxylic acids is 1. The summed E-state index contributed by atoms with van der Waals surface area (Å²) in [6.45, 7) is 8.73. The standard InChI is InChI=1S/C23H26N2O2S/c1-15(2)20-7-5-6-17(4)23(20)25-21(26)12-18-14-28-22(24-18)13-27-19-10-8-16(3)9-11-19/h5-11,14-15H,12-13H2,1-4H3,(H,25,26). The number of ether oxygens (including phenoxy) is 1. The van der Waals surface area contributed by atoms with Gasteiger partial charge in [-0.2, -0.15) is 0 Å². The Morgan fingerprint density at radius 1 is 1.14 bits per heavy atom. The van der Waals surface area contributed by atoms with E-state index in [1.165, 1.54) is 16.9 Å². The lowest BCUT2D eigenvalue weighted by Gasteiger charge is -2.16. The van der Waals surface area contributed by atoms with E-state index in [0.717, 1.165) is 33.3 Å². The van der Waals surface area contributed by atoms with Gasteiger partial charge in [0, 0.05) is 11.1 Å². The summed E-state index contributed by atoms with van der Waals surface area (Å²) in [5.74, 6) is 1.12. The lowest BCUT2D eigenvalue weighted by molar-refractivity contribution is -0.115. The molecule has 0 fully saturated rings. The summed E-state index contributed by atoms with van der Waals surface area (Å²) in [4.78, 5) is 17.1. The van der Waals surface area contributed by atoms with Gasteiger partial charge in [0.2, 0.25) is 5.91 Å². The van der Waals surface area contributed by atoms with Gasteiger partial charge in [0.25, 0.3) is 0 Å². The second kappa shape index (κ2) is 9.02. The number of amides is 1. The molecule has 146 valence electrons. The number of nitrogens with zero attached hydrogens (tertiary/aromatic N) is 1. The number of aromatic nitrogens is 1. The van der Waals surface area contributed by atoms with Crippen LogP contribution in [0.3, 0.4) is 0 Å². The smallest absolute Gasteiger partial charge is 0.230 e. The van der Waals surface area contributed by atoms with Crippen molar-refractivity contribution in [2.75, 3.05) is 5.32 Å². The zero-order valence-electron chi connectivity index (χ0n) is 16.8. The Bertz CT molecular complexity index is 945. The molecule has 0 radical (unpaired) electrons. The molecule has 3 aromatic rings. The van der Waals surface area contributed by atoms with Gasteiger partial charge in [-0.1, -0.05) is 49.7 Å². The third-order valence-corrected chi connectivity index (χ3v) is 5.39. The lowest BCUT2D eigenvalue weighted by Crippen LogP contribution is -2.17. The Labute approximate surface area is 170 Å². The van der Waals surface area contributed by atoms with Crippen molar-refractivity contribution in [3.8, 4) is 5.75 Å². The van der Waals surface area contributed by atoms with E-state index in [0.29, 0.717) is 12.5 Å². The first-order valence-electron chi connectivity index (χ1n) is 9.44. The predicted octanol–water partition coefficient (Wildman–Crippen LogP) is 5.64. The molecule has 1 heterocycles. The van der Waals surface area contributed by atoms with Crippen LogP contribution in [0.1, 0.15) is 47.2 Å². The van der Waals surface area contributed by atoms with Crippen molar-refractivity contribution in [1.82, 2.24) is 4.98 Å². The number of anilines is 1. The van der Waals surface area contributed by atoms with Crippen LogP contribution in [0.15, 0.2) is 47.8 Å². The van der Waals surface area contributed by atoms with Crippen LogP contribution >= 0.6 is 11.3 Å². The predicted molar refractivity (Wildman–Crippen MR) is 115 cm³/mol. The van der Waals surface area contributed by atoms with E-state index >= 15 is 0 Å². The van der Waals surface area contributed by atoms with Crippen LogP contribution in [0.2, 0.25) is 0 Å². The molecule has 28 heavy (non-hydrogen) atoms. The summed E-state index contributed by atoms with van der Waals surface area (Å²) in [7, 11) is 0. The lowest BCUT2D eigenvalue weighted by atomic mass is 9.98. The van der Waals surface area contributed by atoms with Crippen molar-refractivity contribution in [3.63, 3.8) is 0 Å². The first-order valence-corrected chi connectivity index (χ1v) is 10.3. The monoisotopic (exact) mass is 394 g/mol. The van der Waals surface area contributed by atoms with E-state index in [1.807, 2.05) is 55.6 Å². The van der Waals surface area contributed by atoms with Crippen LogP contribution in [0.5, 0.6) is 5.75 Å². The number of aryl methyl sites for hydroxylation is 2. The van der Waals surface area contributed by atoms with E-state index in [4.69, 9.17) is 4.74 Å². The molecule has 0 saturated carbocycles. The zero-order valence-corrected chi connectivity index (χ0v) is 17.6. The Morgan fingerprint density at radius 3 is 2.61 bits per heavy atom. The quantitative estimate of drug-likeness (QED) is 0.564. The number of thiazole rings is 1. The Morgan fingerprint density at radius 2 is 1.89 bits per heavy atom. The summed E-state index contributed by atoms with van der Waals surface area (Å²) in [6.07, 6.45) is 0.257. The van der Waals surface area contributed by atoms with Crippen molar-refractivity contribution in [3.05, 3.63) is 75.2 Å². The highest BCUT2D eigenvalue weighted by Gasteiger charge is 2.14. The van der Waals surface area contributed by atoms with Crippen LogP contribution < -0.4 is 10.1 Å². The summed E-state index contributed by atoms with van der Waals surface area (Å²) in [5, 5.41) is 5.86. The van der Waals surface area contributed by atoms with Crippen LogP contribution in [0, 0.1) is 13.8 Å². The van der Waals surface area contributed by atoms with Gasteiger partial charge in [-0.25, -0.2) is 4.98 Å². The van der Waals surface area contributed by atoms with E-state index < -0.39 is 0 Å². The van der Waals surface area contributed by atoms with Crippen LogP contribution in [0.4, 0.5) is 5.69 Å². The van der Waals surface area contributed by atoms with Gasteiger partial charge in [0.1, 0.15) is 17.4 Å². The molecule has 0 unspecified atom stereocenters. The van der Waals surface area contributed by atoms with Crippen LogP contribution in [0.25, 0.3) is 0 Å². The SMILES string of the molecule is Cc1ccc(OCc2nc(CC(=O)Nc3c(C)cccc3C(C)C)cs2)cc1. The van der Waals surface area contributed by atoms with Gasteiger partial charge in [0.15, 0.2) is 0 Å². The normalized spacial score (nSPS) is 10.9. The third-order valence-electron chi connectivity index (χ3n) is 4.52. The average Bonchev–Trinajstić information content (AvgIpc) is 3.10. The Hall–Kier alpha value is -2.66. The Balaban J connectivity index is 1.59. The summed E-state index contributed by atoms with van der Waals surface area (Å²) < 4.78 is 5.77. The molecule has 2 aromatic carbocycles. The van der Waals surface area contributed by atoms with E-state index in [9.17, 15) is 4.79 Å². The van der Waals surface area contributed by atoms with Crippen molar-refractivity contribution >= 4 is 22.9 Å². The highest BCUT2D eigenvalue weighted by Crippen LogP contribution is 2.27. The Kier molecular flexibility index (Phi) is 6.47. The molecule has 0 saturated heterocycles. The minimum atomic E-state index is -0.0486. The second-order valence-electron chi connectivity index (χ2n) is 7.25. The number of para-hydroxylation sites is 1. The fourth-order valence-corrected chi connectivity index (χ4v) is 3.67. The number of hydrogen-bond donors (Lipinski definition) is 1. The number of carbonyl (C=O) groups is 1. The van der Waals surface area contributed by atoms with Gasteiger partial charge in [-0.15, -0.1) is 11.3 Å². The van der Waals surface area contributed by atoms with Gasteiger partial charge in [-0.05, 0) is 43.0 Å². The van der Waals surface area contributed by atoms with Crippen LogP contribution in [-0.2, 0) is 17.8 Å². The molecular weight excluding hydrogens is 368 g/mol. The molecule has 5 heteroatoms. The highest BCUT2D eigenvalue weighted by atomic mass is 32.1. The maximum atomic E-state index is 12.6. The van der Waals surface area contributed by atoms with Crippen molar-refractivity contribution in [2.24, 2.45) is 0 Å². The van der Waals surface area contributed by atoms with E-state index in [-0.39, 0.29) is 12.3 Å². The first kappa shape index (κ1) is 20.1. The summed E-state index contributed by atoms with van der Waals surface area (Å²) >= 11 is 1.52. The van der Waals surface area contributed by atoms with Gasteiger partial charge < -0.3 is 10.1 Å². The van der Waals surface area contributed by atoms with E-state index in [1.54, 1.807) is 0 Å². The van der Waals surface area contributed by atoms with E-state index in [2.05, 4.69) is 30.2 Å². The number of nitrogens with one attached hydrogen (secondary N) is 1. The number of benzene rings is 2. The minimum Gasteiger partial charge on any atom is -0.486 e. The highest BCUT2D eigenvalue weighted by molar-refractivity contribution is 7.09. The minimum absolute atomic E-state index is 0.0486. The topological polar surface area (TPSA) is 51.2 Å². The van der Waals surface area contributed by atoms with Gasteiger partial charge in [-0.3, -0.25) is 4.79 Å². The average molecular weight is 395 g/mol. The van der Waals surface area contributed by atoms with Crippen molar-refractivity contribution in [1.29, 1.82) is 0 Å². The largest absolute Gasteiger partial charge is 0.486 e. The van der Waals surface area contributed by atoms with Crippen molar-refractivity contribution in [2.45, 2.75) is 46.6 Å². The maximum absolute atomic E-state index is 12.6. The molecule has 1 aromatic heterocycles. The van der Waals surface area contributed by atoms with Gasteiger partial charge in [0.05, 0.1) is 12.1 Å². The molecular formula is C23H26N2O2S. The second-order valence-corrected chi connectivity index (χ2v) is 8.20. The van der Waals surface area contributed by atoms with Crippen LogP contribution in [-0.4, -0.2) is 10.9 Å². The molecule has 0 aliphatic rings. The zero-order chi connectivity index (χ0) is 20.1. The maximum Gasteiger partial charge on any atom is 0.230 e. The molecule has 4 nitrogen and oxygen atoms in total. The number of hydrogen-bond acceptors (Lipinski definition) is 4. The summed E-state index contributed by atoms with van der Waals surface area (Å²) in [6, 6.07) is 14.0. The molecule has 3 rings (SSSR count). The molecule has 0 atom stereocenters. The third kappa shape index (κ3) is 5.20. The van der Waals surface area contributed by atoms with Crippen molar-refractivity contribution < 1.29 is 9.53 Å². The van der Waals surface area contributed by atoms with Gasteiger partial charge >= 0.3 is 0 Å². The molecule has 0 spiro atoms. The number of rotatable bonds is 7.